The molecule has 2 aromatic rings. The number of aliphatic hydroxyl groups is 1. The van der Waals surface area contributed by atoms with Crippen LogP contribution in [0.25, 0.3) is 0 Å². The normalized spacial score (nSPS) is 21.8. The van der Waals surface area contributed by atoms with E-state index in [2.05, 4.69) is 45.3 Å². The van der Waals surface area contributed by atoms with Crippen molar-refractivity contribution in [2.45, 2.75) is 25.0 Å². The smallest absolute Gasteiger partial charge is 0.0972 e. The molecule has 1 fully saturated rings. The standard InChI is InChI=1S/C16H21N3OS/c20-16(6-7-17-11-16)12-18-9-14-10-21-15(19-14)8-13-4-2-1-3-5-13/h1-5,10,17-18,20H,6-9,11-12H2. The van der Waals surface area contributed by atoms with E-state index in [0.29, 0.717) is 19.6 Å². The summed E-state index contributed by atoms with van der Waals surface area (Å²) < 4.78 is 0. The van der Waals surface area contributed by atoms with Crippen molar-refractivity contribution in [3.8, 4) is 0 Å². The van der Waals surface area contributed by atoms with Gasteiger partial charge in [-0.15, -0.1) is 11.3 Å². The van der Waals surface area contributed by atoms with Gasteiger partial charge in [-0.3, -0.25) is 0 Å². The summed E-state index contributed by atoms with van der Waals surface area (Å²) in [7, 11) is 0. The van der Waals surface area contributed by atoms with Crippen LogP contribution in [-0.2, 0) is 13.0 Å². The van der Waals surface area contributed by atoms with Crippen LogP contribution in [0.2, 0.25) is 0 Å². The average molecular weight is 303 g/mol. The van der Waals surface area contributed by atoms with Crippen LogP contribution in [0, 0.1) is 0 Å². The highest BCUT2D eigenvalue weighted by Crippen LogP contribution is 2.16. The number of thiazole rings is 1. The molecule has 0 aliphatic carbocycles. The van der Waals surface area contributed by atoms with Crippen molar-refractivity contribution in [2.24, 2.45) is 0 Å². The first-order chi connectivity index (χ1) is 10.2. The van der Waals surface area contributed by atoms with Gasteiger partial charge in [0.2, 0.25) is 0 Å². The number of hydrogen-bond acceptors (Lipinski definition) is 5. The van der Waals surface area contributed by atoms with Crippen molar-refractivity contribution in [2.75, 3.05) is 19.6 Å². The van der Waals surface area contributed by atoms with E-state index < -0.39 is 5.60 Å². The molecule has 1 aliphatic heterocycles. The van der Waals surface area contributed by atoms with Crippen molar-refractivity contribution < 1.29 is 5.11 Å². The third-order valence-electron chi connectivity index (χ3n) is 3.78. The summed E-state index contributed by atoms with van der Waals surface area (Å²) in [4.78, 5) is 4.65. The first-order valence-corrected chi connectivity index (χ1v) is 8.23. The van der Waals surface area contributed by atoms with Gasteiger partial charge >= 0.3 is 0 Å². The molecule has 0 saturated carbocycles. The molecule has 0 radical (unpaired) electrons. The van der Waals surface area contributed by atoms with Crippen LogP contribution < -0.4 is 10.6 Å². The fraction of sp³-hybridized carbons (Fsp3) is 0.438. The molecule has 2 heterocycles. The molecule has 1 atom stereocenters. The van der Waals surface area contributed by atoms with Crippen molar-refractivity contribution >= 4 is 11.3 Å². The van der Waals surface area contributed by atoms with E-state index in [-0.39, 0.29) is 0 Å². The Morgan fingerprint density at radius 1 is 1.33 bits per heavy atom. The number of benzene rings is 1. The molecule has 1 aliphatic rings. The largest absolute Gasteiger partial charge is 0.387 e. The topological polar surface area (TPSA) is 57.2 Å². The number of nitrogens with zero attached hydrogens (tertiary/aromatic N) is 1. The maximum atomic E-state index is 10.2. The second kappa shape index (κ2) is 6.66. The van der Waals surface area contributed by atoms with E-state index in [1.54, 1.807) is 11.3 Å². The number of hydrogen-bond donors (Lipinski definition) is 3. The zero-order chi connectivity index (χ0) is 14.5. The summed E-state index contributed by atoms with van der Waals surface area (Å²) in [5.74, 6) is 0. The minimum atomic E-state index is -0.594. The molecule has 3 N–H and O–H groups in total. The van der Waals surface area contributed by atoms with E-state index >= 15 is 0 Å². The molecule has 1 unspecified atom stereocenters. The van der Waals surface area contributed by atoms with Gasteiger partial charge in [-0.1, -0.05) is 30.3 Å². The van der Waals surface area contributed by atoms with E-state index in [4.69, 9.17) is 0 Å². The highest BCUT2D eigenvalue weighted by molar-refractivity contribution is 7.09. The van der Waals surface area contributed by atoms with Gasteiger partial charge < -0.3 is 15.7 Å². The molecule has 0 bridgehead atoms. The third kappa shape index (κ3) is 4.11. The summed E-state index contributed by atoms with van der Waals surface area (Å²) in [5.41, 5.74) is 1.75. The molecule has 5 heteroatoms. The Labute approximate surface area is 129 Å². The molecule has 4 nitrogen and oxygen atoms in total. The zero-order valence-electron chi connectivity index (χ0n) is 12.0. The fourth-order valence-corrected chi connectivity index (χ4v) is 3.41. The monoisotopic (exact) mass is 303 g/mol. The zero-order valence-corrected chi connectivity index (χ0v) is 12.8. The molecule has 0 spiro atoms. The highest BCUT2D eigenvalue weighted by Gasteiger charge is 2.30. The molecule has 1 saturated heterocycles. The molecule has 0 amide bonds. The van der Waals surface area contributed by atoms with Crippen molar-refractivity contribution in [1.29, 1.82) is 0 Å². The van der Waals surface area contributed by atoms with E-state index in [9.17, 15) is 5.11 Å². The van der Waals surface area contributed by atoms with Crippen molar-refractivity contribution in [3.05, 3.63) is 52.0 Å². The van der Waals surface area contributed by atoms with E-state index in [1.807, 2.05) is 6.07 Å². The molecule has 1 aromatic heterocycles. The predicted molar refractivity (Wildman–Crippen MR) is 85.5 cm³/mol. The number of rotatable bonds is 6. The summed E-state index contributed by atoms with van der Waals surface area (Å²) in [5, 5.41) is 20.0. The van der Waals surface area contributed by atoms with Gasteiger partial charge in [-0.05, 0) is 18.5 Å². The van der Waals surface area contributed by atoms with Gasteiger partial charge in [0, 0.05) is 31.4 Å². The molecule has 3 rings (SSSR count). The highest BCUT2D eigenvalue weighted by atomic mass is 32.1. The van der Waals surface area contributed by atoms with Crippen LogP contribution in [0.15, 0.2) is 35.7 Å². The maximum Gasteiger partial charge on any atom is 0.0972 e. The maximum absolute atomic E-state index is 10.2. The Hall–Kier alpha value is -1.27. The second-order valence-corrected chi connectivity index (χ2v) is 6.59. The molecule has 21 heavy (non-hydrogen) atoms. The summed E-state index contributed by atoms with van der Waals surface area (Å²) in [6, 6.07) is 10.4. The average Bonchev–Trinajstić information content (AvgIpc) is 3.10. The molecular weight excluding hydrogens is 282 g/mol. The van der Waals surface area contributed by atoms with E-state index in [0.717, 1.165) is 30.1 Å². The van der Waals surface area contributed by atoms with Crippen LogP contribution in [-0.4, -0.2) is 35.3 Å². The van der Waals surface area contributed by atoms with Gasteiger partial charge in [0.1, 0.15) is 0 Å². The van der Waals surface area contributed by atoms with Crippen LogP contribution in [0.5, 0.6) is 0 Å². The van der Waals surface area contributed by atoms with Crippen LogP contribution in [0.3, 0.4) is 0 Å². The van der Waals surface area contributed by atoms with Gasteiger partial charge in [0.25, 0.3) is 0 Å². The molecular formula is C16H21N3OS. The number of nitrogens with one attached hydrogen (secondary N) is 2. The first-order valence-electron chi connectivity index (χ1n) is 7.35. The van der Waals surface area contributed by atoms with Crippen molar-refractivity contribution in [3.63, 3.8) is 0 Å². The first kappa shape index (κ1) is 14.7. The Morgan fingerprint density at radius 3 is 2.95 bits per heavy atom. The van der Waals surface area contributed by atoms with Gasteiger partial charge in [0.05, 0.1) is 16.3 Å². The third-order valence-corrected chi connectivity index (χ3v) is 4.68. The lowest BCUT2D eigenvalue weighted by molar-refractivity contribution is 0.0608. The van der Waals surface area contributed by atoms with Crippen LogP contribution >= 0.6 is 11.3 Å². The Kier molecular flexibility index (Phi) is 4.65. The van der Waals surface area contributed by atoms with E-state index in [1.165, 1.54) is 5.56 Å². The lowest BCUT2D eigenvalue weighted by Crippen LogP contribution is -2.42. The summed E-state index contributed by atoms with van der Waals surface area (Å²) >= 11 is 1.70. The van der Waals surface area contributed by atoms with Crippen LogP contribution in [0.4, 0.5) is 0 Å². The SMILES string of the molecule is OC1(CNCc2csc(Cc3ccccc3)n2)CCNC1. The Morgan fingerprint density at radius 2 is 2.19 bits per heavy atom. The van der Waals surface area contributed by atoms with Gasteiger partial charge in [0.15, 0.2) is 0 Å². The molecule has 1 aromatic carbocycles. The quantitative estimate of drug-likeness (QED) is 0.758. The number of β-amino-alcohol motifs (C(OH)–C–C–N with tert-alkyl or cyclic N) is 1. The van der Waals surface area contributed by atoms with Gasteiger partial charge in [-0.25, -0.2) is 4.98 Å². The predicted octanol–water partition coefficient (Wildman–Crippen LogP) is 1.55. The Balaban J connectivity index is 1.49. The van der Waals surface area contributed by atoms with Crippen LogP contribution in [0.1, 0.15) is 22.7 Å². The van der Waals surface area contributed by atoms with Crippen molar-refractivity contribution in [1.82, 2.24) is 15.6 Å². The second-order valence-electron chi connectivity index (χ2n) is 5.65. The van der Waals surface area contributed by atoms with Gasteiger partial charge in [-0.2, -0.15) is 0 Å². The lowest BCUT2D eigenvalue weighted by Gasteiger charge is -2.21. The minimum absolute atomic E-state index is 0.594. The fourth-order valence-electron chi connectivity index (χ4n) is 2.59. The minimum Gasteiger partial charge on any atom is -0.387 e. The molecule has 112 valence electrons. The summed E-state index contributed by atoms with van der Waals surface area (Å²) in [6.45, 7) is 2.91. The lowest BCUT2D eigenvalue weighted by atomic mass is 10.0. The Bertz CT molecular complexity index is 564. The number of aromatic nitrogens is 1. The summed E-state index contributed by atoms with van der Waals surface area (Å²) in [6.07, 6.45) is 1.70.